The van der Waals surface area contributed by atoms with Crippen LogP contribution in [-0.2, 0) is 17.5 Å². The fourth-order valence-electron chi connectivity index (χ4n) is 2.00. The smallest absolute Gasteiger partial charge is 0.348 e. The van der Waals surface area contributed by atoms with Gasteiger partial charge >= 0.3 is 6.18 Å². The topological polar surface area (TPSA) is 58.2 Å². The summed E-state index contributed by atoms with van der Waals surface area (Å²) in [7, 11) is 0. The van der Waals surface area contributed by atoms with Crippen LogP contribution in [0.1, 0.15) is 28.4 Å². The number of hydrogen-bond acceptors (Lipinski definition) is 2. The number of benzene rings is 2. The van der Waals surface area contributed by atoms with Gasteiger partial charge in [0, 0.05) is 24.7 Å². The lowest BCUT2D eigenvalue weighted by Gasteiger charge is -2.09. The lowest BCUT2D eigenvalue weighted by Crippen LogP contribution is -2.22. The lowest BCUT2D eigenvalue weighted by molar-refractivity contribution is -0.137. The Morgan fingerprint density at radius 2 is 1.54 bits per heavy atom. The van der Waals surface area contributed by atoms with E-state index in [2.05, 4.69) is 10.6 Å². The molecule has 0 aliphatic carbocycles. The van der Waals surface area contributed by atoms with E-state index in [9.17, 15) is 22.8 Å². The van der Waals surface area contributed by atoms with Crippen molar-refractivity contribution in [2.24, 2.45) is 0 Å². The Balaban J connectivity index is 1.94. The maximum absolute atomic E-state index is 12.5. The average Bonchev–Trinajstić information content (AvgIpc) is 2.52. The van der Waals surface area contributed by atoms with Crippen molar-refractivity contribution in [3.05, 3.63) is 65.2 Å². The minimum atomic E-state index is -4.38. The van der Waals surface area contributed by atoms with Gasteiger partial charge in [-0.2, -0.15) is 13.2 Å². The number of nitrogens with one attached hydrogen (secondary N) is 2. The van der Waals surface area contributed by atoms with Crippen LogP contribution in [0.4, 0.5) is 18.9 Å². The molecule has 0 aliphatic rings. The third-order valence-corrected chi connectivity index (χ3v) is 3.20. The van der Waals surface area contributed by atoms with Gasteiger partial charge in [0.15, 0.2) is 0 Å². The Morgan fingerprint density at radius 3 is 2.04 bits per heavy atom. The predicted molar refractivity (Wildman–Crippen MR) is 83.4 cm³/mol. The van der Waals surface area contributed by atoms with Crippen molar-refractivity contribution in [3.63, 3.8) is 0 Å². The molecule has 0 saturated carbocycles. The number of alkyl halides is 3. The minimum absolute atomic E-state index is 0.115. The Kier molecular flexibility index (Phi) is 5.23. The summed E-state index contributed by atoms with van der Waals surface area (Å²) in [5.41, 5.74) is 0.787. The zero-order valence-electron chi connectivity index (χ0n) is 12.8. The number of amides is 2. The molecule has 2 aromatic carbocycles. The Morgan fingerprint density at radius 1 is 0.958 bits per heavy atom. The van der Waals surface area contributed by atoms with E-state index in [1.165, 1.54) is 19.1 Å². The van der Waals surface area contributed by atoms with Crippen molar-refractivity contribution < 1.29 is 22.8 Å². The summed E-state index contributed by atoms with van der Waals surface area (Å²) in [5.74, 6) is -0.571. The van der Waals surface area contributed by atoms with E-state index in [0.29, 0.717) is 16.8 Å². The second-order valence-corrected chi connectivity index (χ2v) is 5.14. The first kappa shape index (κ1) is 17.5. The van der Waals surface area contributed by atoms with Crippen molar-refractivity contribution in [3.8, 4) is 0 Å². The first-order chi connectivity index (χ1) is 11.3. The van der Waals surface area contributed by atoms with Crippen molar-refractivity contribution in [2.45, 2.75) is 19.6 Å². The summed E-state index contributed by atoms with van der Waals surface area (Å²) in [5, 5.41) is 5.21. The molecule has 4 nitrogen and oxygen atoms in total. The first-order valence-corrected chi connectivity index (χ1v) is 7.08. The standard InChI is InChI=1S/C17H15F3N2O2/c1-11(23)22-15-8-4-13(5-9-15)16(24)21-10-12-2-6-14(7-3-12)17(18,19)20/h2-9H,10H2,1H3,(H,21,24)(H,22,23). The van der Waals surface area contributed by atoms with Gasteiger partial charge in [0.1, 0.15) is 0 Å². The van der Waals surface area contributed by atoms with Crippen molar-refractivity contribution in [1.29, 1.82) is 0 Å². The molecule has 2 rings (SSSR count). The second kappa shape index (κ2) is 7.16. The highest BCUT2D eigenvalue weighted by molar-refractivity contribution is 5.95. The molecule has 0 radical (unpaired) electrons. The molecule has 126 valence electrons. The molecular weight excluding hydrogens is 321 g/mol. The minimum Gasteiger partial charge on any atom is -0.348 e. The van der Waals surface area contributed by atoms with Crippen LogP contribution >= 0.6 is 0 Å². The molecule has 0 heterocycles. The van der Waals surface area contributed by atoms with E-state index >= 15 is 0 Å². The Bertz CT molecular complexity index is 723. The third-order valence-electron chi connectivity index (χ3n) is 3.20. The van der Waals surface area contributed by atoms with Crippen LogP contribution in [0.2, 0.25) is 0 Å². The van der Waals surface area contributed by atoms with Gasteiger partial charge in [0.25, 0.3) is 5.91 Å². The number of halogens is 3. The van der Waals surface area contributed by atoms with Crippen molar-refractivity contribution in [1.82, 2.24) is 5.32 Å². The lowest BCUT2D eigenvalue weighted by atomic mass is 10.1. The van der Waals surface area contributed by atoms with Gasteiger partial charge in [-0.1, -0.05) is 12.1 Å². The van der Waals surface area contributed by atoms with Crippen molar-refractivity contribution in [2.75, 3.05) is 5.32 Å². The number of anilines is 1. The normalized spacial score (nSPS) is 11.0. The van der Waals surface area contributed by atoms with E-state index in [4.69, 9.17) is 0 Å². The average molecular weight is 336 g/mol. The third kappa shape index (κ3) is 4.84. The van der Waals surface area contributed by atoms with Crippen LogP contribution in [0, 0.1) is 0 Å². The summed E-state index contributed by atoms with van der Waals surface area (Å²) in [6, 6.07) is 10.9. The van der Waals surface area contributed by atoms with E-state index in [1.807, 2.05) is 0 Å². The van der Waals surface area contributed by atoms with Crippen LogP contribution in [0.25, 0.3) is 0 Å². The van der Waals surface area contributed by atoms with Gasteiger partial charge in [0.2, 0.25) is 5.91 Å². The molecule has 0 bridgehead atoms. The van der Waals surface area contributed by atoms with Crippen LogP contribution in [0.5, 0.6) is 0 Å². The largest absolute Gasteiger partial charge is 0.416 e. The molecule has 0 aromatic heterocycles. The van der Waals surface area contributed by atoms with Crippen LogP contribution in [0.15, 0.2) is 48.5 Å². The van der Waals surface area contributed by atoms with Gasteiger partial charge in [-0.25, -0.2) is 0 Å². The zero-order valence-corrected chi connectivity index (χ0v) is 12.8. The SMILES string of the molecule is CC(=O)Nc1ccc(C(=O)NCc2ccc(C(F)(F)F)cc2)cc1. The molecule has 24 heavy (non-hydrogen) atoms. The summed E-state index contributed by atoms with van der Waals surface area (Å²) in [4.78, 5) is 22.9. The number of hydrogen-bond donors (Lipinski definition) is 2. The van der Waals surface area contributed by atoms with Crippen LogP contribution in [-0.4, -0.2) is 11.8 Å². The molecule has 0 unspecified atom stereocenters. The fourth-order valence-corrected chi connectivity index (χ4v) is 2.00. The molecule has 0 saturated heterocycles. The highest BCUT2D eigenvalue weighted by Crippen LogP contribution is 2.29. The molecule has 2 N–H and O–H groups in total. The molecule has 0 spiro atoms. The van der Waals surface area contributed by atoms with Gasteiger partial charge in [-0.15, -0.1) is 0 Å². The van der Waals surface area contributed by atoms with Gasteiger partial charge in [-0.3, -0.25) is 9.59 Å². The molecule has 0 atom stereocenters. The van der Waals surface area contributed by atoms with E-state index in [-0.39, 0.29) is 18.4 Å². The second-order valence-electron chi connectivity index (χ2n) is 5.14. The van der Waals surface area contributed by atoms with E-state index < -0.39 is 11.7 Å². The number of carbonyl (C=O) groups excluding carboxylic acids is 2. The summed E-state index contributed by atoms with van der Waals surface area (Å²) >= 11 is 0. The molecule has 0 fully saturated rings. The monoisotopic (exact) mass is 336 g/mol. The van der Waals surface area contributed by atoms with Crippen molar-refractivity contribution >= 4 is 17.5 Å². The Labute approximate surface area is 136 Å². The van der Waals surface area contributed by atoms with E-state index in [0.717, 1.165) is 12.1 Å². The summed E-state index contributed by atoms with van der Waals surface area (Å²) in [6.07, 6.45) is -4.38. The fraction of sp³-hybridized carbons (Fsp3) is 0.176. The molecule has 2 aromatic rings. The van der Waals surface area contributed by atoms with Gasteiger partial charge in [-0.05, 0) is 42.0 Å². The number of rotatable bonds is 4. The number of carbonyl (C=O) groups is 2. The molecule has 7 heteroatoms. The molecule has 0 aliphatic heterocycles. The van der Waals surface area contributed by atoms with Gasteiger partial charge in [0.05, 0.1) is 5.56 Å². The summed E-state index contributed by atoms with van der Waals surface area (Å²) in [6.45, 7) is 1.50. The predicted octanol–water partition coefficient (Wildman–Crippen LogP) is 3.59. The van der Waals surface area contributed by atoms with Crippen LogP contribution < -0.4 is 10.6 Å². The van der Waals surface area contributed by atoms with Crippen LogP contribution in [0.3, 0.4) is 0 Å². The van der Waals surface area contributed by atoms with Gasteiger partial charge < -0.3 is 10.6 Å². The maximum Gasteiger partial charge on any atom is 0.416 e. The highest BCUT2D eigenvalue weighted by Gasteiger charge is 2.29. The first-order valence-electron chi connectivity index (χ1n) is 7.08. The Hall–Kier alpha value is -2.83. The van der Waals surface area contributed by atoms with E-state index in [1.54, 1.807) is 24.3 Å². The zero-order chi connectivity index (χ0) is 17.7. The highest BCUT2D eigenvalue weighted by atomic mass is 19.4. The quantitative estimate of drug-likeness (QED) is 0.896. The maximum atomic E-state index is 12.5. The molecular formula is C17H15F3N2O2. The summed E-state index contributed by atoms with van der Waals surface area (Å²) < 4.78 is 37.4. The molecule has 2 amide bonds.